The molecule has 1 saturated carbocycles. The number of hydrogen-bond acceptors (Lipinski definition) is 7. The van der Waals surface area contributed by atoms with Crippen molar-refractivity contribution in [3.63, 3.8) is 0 Å². The van der Waals surface area contributed by atoms with Gasteiger partial charge in [0.05, 0.1) is 18.4 Å². The van der Waals surface area contributed by atoms with E-state index in [-0.39, 0.29) is 22.7 Å². The zero-order valence-corrected chi connectivity index (χ0v) is 16.6. The standard InChI is InChI=1S/C18H19ClN6OS/c1-10(11-3-4-11)25-16-14(9-22-18(19)24-16)23-15(17(25)26)21-7-12-5-6-13(27-2)8-20-12/h5-6,8-11H,3-4,7H2,1-2H3,(H,21,23). The molecule has 9 heteroatoms. The summed E-state index contributed by atoms with van der Waals surface area (Å²) in [5.74, 6) is 0.757. The molecule has 3 heterocycles. The van der Waals surface area contributed by atoms with Crippen LogP contribution in [0.15, 0.2) is 34.2 Å². The maximum Gasteiger partial charge on any atom is 0.295 e. The molecule has 27 heavy (non-hydrogen) atoms. The molecule has 1 aliphatic rings. The van der Waals surface area contributed by atoms with Crippen LogP contribution in [0.25, 0.3) is 11.2 Å². The average molecular weight is 403 g/mol. The highest BCUT2D eigenvalue weighted by atomic mass is 35.5. The maximum atomic E-state index is 13.1. The Balaban J connectivity index is 1.70. The predicted molar refractivity (Wildman–Crippen MR) is 107 cm³/mol. The lowest BCUT2D eigenvalue weighted by molar-refractivity contribution is 0.482. The van der Waals surface area contributed by atoms with E-state index in [4.69, 9.17) is 11.6 Å². The summed E-state index contributed by atoms with van der Waals surface area (Å²) in [6, 6.07) is 3.98. The molecule has 3 aromatic heterocycles. The Kier molecular flexibility index (Phi) is 5.01. The van der Waals surface area contributed by atoms with Crippen molar-refractivity contribution in [3.8, 4) is 0 Å². The SMILES string of the molecule is CSc1ccc(CNc2nc3cnc(Cl)nc3n(C(C)C3CC3)c2=O)nc1. The molecule has 0 saturated heterocycles. The largest absolute Gasteiger partial charge is 0.360 e. The van der Waals surface area contributed by atoms with Gasteiger partial charge in [-0.1, -0.05) is 0 Å². The van der Waals surface area contributed by atoms with Crippen molar-refractivity contribution in [2.24, 2.45) is 5.92 Å². The van der Waals surface area contributed by atoms with Gasteiger partial charge in [-0.3, -0.25) is 14.3 Å². The summed E-state index contributed by atoms with van der Waals surface area (Å²) in [5, 5.41) is 3.24. The molecule has 1 atom stereocenters. The second-order valence-corrected chi connectivity index (χ2v) is 7.82. The van der Waals surface area contributed by atoms with Crippen LogP contribution < -0.4 is 10.9 Å². The second-order valence-electron chi connectivity index (χ2n) is 6.60. The van der Waals surface area contributed by atoms with Crippen LogP contribution in [0.2, 0.25) is 5.28 Å². The summed E-state index contributed by atoms with van der Waals surface area (Å²) in [5.41, 5.74) is 1.66. The van der Waals surface area contributed by atoms with Crippen LogP contribution in [-0.2, 0) is 6.54 Å². The van der Waals surface area contributed by atoms with Gasteiger partial charge in [-0.2, -0.15) is 4.98 Å². The Labute approximate surface area is 165 Å². The highest BCUT2D eigenvalue weighted by Crippen LogP contribution is 2.39. The molecule has 1 fully saturated rings. The Morgan fingerprint density at radius 1 is 1.30 bits per heavy atom. The zero-order chi connectivity index (χ0) is 19.0. The number of pyridine rings is 1. The van der Waals surface area contributed by atoms with Crippen LogP contribution in [0.4, 0.5) is 5.82 Å². The van der Waals surface area contributed by atoms with Gasteiger partial charge in [-0.25, -0.2) is 9.97 Å². The fourth-order valence-corrected chi connectivity index (χ4v) is 3.56. The number of aromatic nitrogens is 5. The summed E-state index contributed by atoms with van der Waals surface area (Å²) in [6.07, 6.45) is 7.61. The number of nitrogens with one attached hydrogen (secondary N) is 1. The number of anilines is 1. The fourth-order valence-electron chi connectivity index (χ4n) is 3.07. The number of nitrogens with zero attached hydrogens (tertiary/aromatic N) is 5. The minimum Gasteiger partial charge on any atom is -0.360 e. The molecule has 3 aromatic rings. The fraction of sp³-hybridized carbons (Fsp3) is 0.389. The van der Waals surface area contributed by atoms with Crippen molar-refractivity contribution in [1.82, 2.24) is 24.5 Å². The monoisotopic (exact) mass is 402 g/mol. The summed E-state index contributed by atoms with van der Waals surface area (Å²) in [6.45, 7) is 2.45. The molecule has 1 N–H and O–H groups in total. The van der Waals surface area contributed by atoms with E-state index in [0.29, 0.717) is 23.6 Å². The third kappa shape index (κ3) is 3.77. The van der Waals surface area contributed by atoms with E-state index in [2.05, 4.69) is 25.3 Å². The molecular weight excluding hydrogens is 384 g/mol. The van der Waals surface area contributed by atoms with E-state index in [0.717, 1.165) is 23.4 Å². The van der Waals surface area contributed by atoms with Gasteiger partial charge in [0.2, 0.25) is 5.28 Å². The first kappa shape index (κ1) is 18.2. The summed E-state index contributed by atoms with van der Waals surface area (Å²) >= 11 is 7.60. The van der Waals surface area contributed by atoms with Crippen LogP contribution in [0.1, 0.15) is 31.5 Å². The minimum absolute atomic E-state index is 0.0357. The third-order valence-electron chi connectivity index (χ3n) is 4.78. The molecule has 1 aliphatic carbocycles. The lowest BCUT2D eigenvalue weighted by atomic mass is 10.2. The normalized spacial score (nSPS) is 15.1. The first-order chi connectivity index (χ1) is 13.1. The van der Waals surface area contributed by atoms with Gasteiger partial charge in [0, 0.05) is 17.1 Å². The van der Waals surface area contributed by atoms with Crippen molar-refractivity contribution < 1.29 is 0 Å². The lowest BCUT2D eigenvalue weighted by Gasteiger charge is -2.18. The molecule has 0 spiro atoms. The average Bonchev–Trinajstić information content (AvgIpc) is 3.52. The Bertz CT molecular complexity index is 1030. The van der Waals surface area contributed by atoms with Crippen molar-refractivity contribution >= 4 is 40.3 Å². The van der Waals surface area contributed by atoms with Crippen LogP contribution in [0.3, 0.4) is 0 Å². The van der Waals surface area contributed by atoms with Gasteiger partial charge >= 0.3 is 0 Å². The highest BCUT2D eigenvalue weighted by Gasteiger charge is 2.31. The van der Waals surface area contributed by atoms with E-state index in [9.17, 15) is 4.79 Å². The number of fused-ring (bicyclic) bond motifs is 1. The number of thioether (sulfide) groups is 1. The molecule has 0 amide bonds. The second kappa shape index (κ2) is 7.44. The van der Waals surface area contributed by atoms with E-state index in [1.165, 1.54) is 0 Å². The number of hydrogen-bond donors (Lipinski definition) is 1. The molecular formula is C18H19ClN6OS. The first-order valence-electron chi connectivity index (χ1n) is 8.74. The van der Waals surface area contributed by atoms with Crippen LogP contribution in [0, 0.1) is 5.92 Å². The quantitative estimate of drug-likeness (QED) is 0.498. The molecule has 0 radical (unpaired) electrons. The van der Waals surface area contributed by atoms with Gasteiger partial charge in [-0.15, -0.1) is 11.8 Å². The third-order valence-corrected chi connectivity index (χ3v) is 5.68. The Morgan fingerprint density at radius 2 is 2.11 bits per heavy atom. The van der Waals surface area contributed by atoms with Crippen LogP contribution in [0.5, 0.6) is 0 Å². The first-order valence-corrected chi connectivity index (χ1v) is 10.3. The number of rotatable bonds is 6. The highest BCUT2D eigenvalue weighted by molar-refractivity contribution is 7.98. The predicted octanol–water partition coefficient (Wildman–Crippen LogP) is 3.54. The minimum atomic E-state index is -0.197. The summed E-state index contributed by atoms with van der Waals surface area (Å²) in [7, 11) is 0. The van der Waals surface area contributed by atoms with Gasteiger partial charge in [0.15, 0.2) is 11.5 Å². The molecule has 0 aliphatic heterocycles. The van der Waals surface area contributed by atoms with E-state index in [1.54, 1.807) is 22.5 Å². The molecule has 0 bridgehead atoms. The lowest BCUT2D eigenvalue weighted by Crippen LogP contribution is -2.29. The zero-order valence-electron chi connectivity index (χ0n) is 15.0. The van der Waals surface area contributed by atoms with Gasteiger partial charge in [0.1, 0.15) is 5.52 Å². The molecule has 7 nitrogen and oxygen atoms in total. The van der Waals surface area contributed by atoms with Crippen molar-refractivity contribution in [2.75, 3.05) is 11.6 Å². The Hall–Kier alpha value is -2.19. The molecule has 140 valence electrons. The summed E-state index contributed by atoms with van der Waals surface area (Å²) in [4.78, 5) is 31.3. The molecule has 4 rings (SSSR count). The van der Waals surface area contributed by atoms with Crippen molar-refractivity contribution in [3.05, 3.63) is 45.9 Å². The van der Waals surface area contributed by atoms with Crippen LogP contribution >= 0.6 is 23.4 Å². The smallest absolute Gasteiger partial charge is 0.295 e. The summed E-state index contributed by atoms with van der Waals surface area (Å²) < 4.78 is 1.69. The van der Waals surface area contributed by atoms with E-state index < -0.39 is 0 Å². The van der Waals surface area contributed by atoms with Gasteiger partial charge < -0.3 is 5.32 Å². The number of halogens is 1. The topological polar surface area (TPSA) is 85.6 Å². The molecule has 0 aromatic carbocycles. The van der Waals surface area contributed by atoms with Crippen molar-refractivity contribution in [2.45, 2.75) is 37.2 Å². The molecule has 1 unspecified atom stereocenters. The van der Waals surface area contributed by atoms with Crippen LogP contribution in [-0.4, -0.2) is 30.8 Å². The Morgan fingerprint density at radius 3 is 2.78 bits per heavy atom. The van der Waals surface area contributed by atoms with E-state index in [1.807, 2.05) is 31.5 Å². The van der Waals surface area contributed by atoms with Crippen molar-refractivity contribution in [1.29, 1.82) is 0 Å². The van der Waals surface area contributed by atoms with E-state index >= 15 is 0 Å². The maximum absolute atomic E-state index is 13.1. The van der Waals surface area contributed by atoms with Gasteiger partial charge in [0.25, 0.3) is 5.56 Å². The van der Waals surface area contributed by atoms with Gasteiger partial charge in [-0.05, 0) is 55.7 Å².